The Kier molecular flexibility index (Phi) is 9.60. The molecule has 0 unspecified atom stereocenters. The van der Waals surface area contributed by atoms with Crippen molar-refractivity contribution in [3.63, 3.8) is 0 Å². The van der Waals surface area contributed by atoms with Crippen LogP contribution in [0.25, 0.3) is 0 Å². The SMILES string of the molecule is C=C(N[C@H]1c2ccccc2C[C@H]1O)[C@H](Cc1ccccc1)C[C@H](O)CNS(=O)(=O)c1ccc(C2CCCCC2)cc1. The monoisotopic (exact) mass is 574 g/mol. The standard InChI is InChI=1S/C34H42N2O4S/c1-24(36-34-32-15-9-8-14-28(32)22-33(34)38)29(20-25-10-4-2-5-11-25)21-30(37)23-35-41(39,40)31-18-16-27(17-19-31)26-12-6-3-7-13-26/h2,4-5,8-11,14-19,26,29-30,33-38H,1,3,6-7,12-13,20-23H2/t29-,30+,33-,34+/m1/s1. The maximum Gasteiger partial charge on any atom is 0.240 e. The van der Waals surface area contributed by atoms with Gasteiger partial charge >= 0.3 is 0 Å². The molecule has 0 saturated heterocycles. The molecule has 3 aromatic rings. The Morgan fingerprint density at radius 2 is 1.61 bits per heavy atom. The van der Waals surface area contributed by atoms with E-state index in [0.29, 0.717) is 25.2 Å². The summed E-state index contributed by atoms with van der Waals surface area (Å²) in [5.74, 6) is 0.337. The maximum absolute atomic E-state index is 13.0. The molecule has 0 bridgehead atoms. The Balaban J connectivity index is 1.22. The Bertz CT molecular complexity index is 1400. The molecule has 6 nitrogen and oxygen atoms in total. The van der Waals surface area contributed by atoms with Crippen molar-refractivity contribution in [1.82, 2.24) is 10.0 Å². The molecule has 7 heteroatoms. The molecule has 0 radical (unpaired) electrons. The largest absolute Gasteiger partial charge is 0.392 e. The van der Waals surface area contributed by atoms with Gasteiger partial charge in [-0.1, -0.05) is 92.6 Å². The Labute approximate surface area is 244 Å². The Hall–Kier alpha value is -2.97. The van der Waals surface area contributed by atoms with Gasteiger partial charge in [-0.05, 0) is 66.0 Å². The average molecular weight is 575 g/mol. The van der Waals surface area contributed by atoms with Crippen molar-refractivity contribution in [3.05, 3.63) is 113 Å². The molecule has 41 heavy (non-hydrogen) atoms. The van der Waals surface area contributed by atoms with E-state index in [-0.39, 0.29) is 23.4 Å². The second-order valence-corrected chi connectivity index (χ2v) is 13.4. The van der Waals surface area contributed by atoms with E-state index in [1.807, 2.05) is 66.7 Å². The van der Waals surface area contributed by atoms with Gasteiger partial charge in [0.05, 0.1) is 23.1 Å². The molecule has 3 aromatic carbocycles. The normalized spacial score (nSPS) is 20.7. The lowest BCUT2D eigenvalue weighted by Crippen LogP contribution is -2.36. The van der Waals surface area contributed by atoms with Crippen molar-refractivity contribution in [1.29, 1.82) is 0 Å². The van der Waals surface area contributed by atoms with Gasteiger partial charge in [-0.2, -0.15) is 0 Å². The number of rotatable bonds is 12. The Morgan fingerprint density at radius 3 is 2.34 bits per heavy atom. The quantitative estimate of drug-likeness (QED) is 0.233. The Morgan fingerprint density at radius 1 is 0.927 bits per heavy atom. The van der Waals surface area contributed by atoms with Crippen molar-refractivity contribution in [2.45, 2.75) is 80.4 Å². The molecular formula is C34H42N2O4S. The van der Waals surface area contributed by atoms with Crippen LogP contribution in [-0.4, -0.2) is 37.4 Å². The lowest BCUT2D eigenvalue weighted by atomic mass is 9.84. The van der Waals surface area contributed by atoms with Crippen LogP contribution in [0.4, 0.5) is 0 Å². The minimum Gasteiger partial charge on any atom is -0.392 e. The van der Waals surface area contributed by atoms with Crippen LogP contribution in [0.15, 0.2) is 96.0 Å². The molecule has 218 valence electrons. The molecular weight excluding hydrogens is 532 g/mol. The highest BCUT2D eigenvalue weighted by Crippen LogP contribution is 2.34. The summed E-state index contributed by atoms with van der Waals surface area (Å²) in [5, 5.41) is 25.2. The number of allylic oxidation sites excluding steroid dienone is 1. The van der Waals surface area contributed by atoms with E-state index in [2.05, 4.69) is 16.6 Å². The van der Waals surface area contributed by atoms with Gasteiger partial charge in [0.25, 0.3) is 0 Å². The zero-order valence-corrected chi connectivity index (χ0v) is 24.4. The highest BCUT2D eigenvalue weighted by atomic mass is 32.2. The second kappa shape index (κ2) is 13.3. The average Bonchev–Trinajstić information content (AvgIpc) is 3.31. The number of nitrogens with one attached hydrogen (secondary N) is 2. The van der Waals surface area contributed by atoms with Gasteiger partial charge in [-0.3, -0.25) is 0 Å². The highest BCUT2D eigenvalue weighted by molar-refractivity contribution is 7.89. The summed E-state index contributed by atoms with van der Waals surface area (Å²) >= 11 is 0. The fraction of sp³-hybridized carbons (Fsp3) is 0.412. The predicted molar refractivity (Wildman–Crippen MR) is 163 cm³/mol. The summed E-state index contributed by atoms with van der Waals surface area (Å²) in [6.45, 7) is 4.21. The smallest absolute Gasteiger partial charge is 0.240 e. The number of hydrogen-bond donors (Lipinski definition) is 4. The third-order valence-electron chi connectivity index (χ3n) is 8.70. The third-order valence-corrected chi connectivity index (χ3v) is 10.1. The van der Waals surface area contributed by atoms with Crippen molar-refractivity contribution < 1.29 is 18.6 Å². The fourth-order valence-corrected chi connectivity index (χ4v) is 7.44. The van der Waals surface area contributed by atoms with Crippen LogP contribution in [0, 0.1) is 5.92 Å². The van der Waals surface area contributed by atoms with Crippen LogP contribution in [0.5, 0.6) is 0 Å². The molecule has 0 amide bonds. The van der Waals surface area contributed by atoms with Gasteiger partial charge in [-0.25, -0.2) is 13.1 Å². The number of fused-ring (bicyclic) bond motifs is 1. The first-order chi connectivity index (χ1) is 19.8. The van der Waals surface area contributed by atoms with E-state index < -0.39 is 22.2 Å². The van der Waals surface area contributed by atoms with E-state index in [1.165, 1.54) is 24.8 Å². The number of aliphatic hydroxyl groups excluding tert-OH is 2. The minimum atomic E-state index is -3.76. The summed E-state index contributed by atoms with van der Waals surface area (Å²) in [4.78, 5) is 0.213. The molecule has 4 atom stereocenters. The van der Waals surface area contributed by atoms with Crippen LogP contribution in [-0.2, 0) is 22.9 Å². The van der Waals surface area contributed by atoms with E-state index in [0.717, 1.165) is 35.2 Å². The first kappa shape index (κ1) is 29.5. The van der Waals surface area contributed by atoms with Gasteiger partial charge < -0.3 is 15.5 Å². The summed E-state index contributed by atoms with van der Waals surface area (Å²) in [5.41, 5.74) is 5.19. The molecule has 2 aliphatic carbocycles. The molecule has 4 N–H and O–H groups in total. The number of hydrogen-bond acceptors (Lipinski definition) is 5. The van der Waals surface area contributed by atoms with E-state index >= 15 is 0 Å². The van der Waals surface area contributed by atoms with E-state index in [4.69, 9.17) is 0 Å². The zero-order valence-electron chi connectivity index (χ0n) is 23.6. The van der Waals surface area contributed by atoms with Crippen LogP contribution >= 0.6 is 0 Å². The van der Waals surface area contributed by atoms with Crippen molar-refractivity contribution >= 4 is 10.0 Å². The lowest BCUT2D eigenvalue weighted by Gasteiger charge is -2.28. The molecule has 0 spiro atoms. The summed E-state index contributed by atoms with van der Waals surface area (Å²) in [7, 11) is -3.76. The molecule has 1 fully saturated rings. The van der Waals surface area contributed by atoms with Crippen molar-refractivity contribution in [3.8, 4) is 0 Å². The van der Waals surface area contributed by atoms with Crippen molar-refractivity contribution in [2.75, 3.05) is 6.54 Å². The molecule has 0 aliphatic heterocycles. The van der Waals surface area contributed by atoms with E-state index in [9.17, 15) is 18.6 Å². The molecule has 5 rings (SSSR count). The van der Waals surface area contributed by atoms with Crippen LogP contribution in [0.3, 0.4) is 0 Å². The van der Waals surface area contributed by atoms with Gasteiger partial charge in [-0.15, -0.1) is 0 Å². The molecule has 2 aliphatic rings. The third kappa shape index (κ3) is 7.46. The summed E-state index contributed by atoms with van der Waals surface area (Å²) in [6, 6.07) is 24.9. The predicted octanol–water partition coefficient (Wildman–Crippen LogP) is 5.38. The van der Waals surface area contributed by atoms with Gasteiger partial charge in [0, 0.05) is 24.6 Å². The van der Waals surface area contributed by atoms with Gasteiger partial charge in [0.2, 0.25) is 10.0 Å². The summed E-state index contributed by atoms with van der Waals surface area (Å²) < 4.78 is 28.7. The maximum atomic E-state index is 13.0. The first-order valence-electron chi connectivity index (χ1n) is 14.8. The first-order valence-corrected chi connectivity index (χ1v) is 16.3. The topological polar surface area (TPSA) is 98.7 Å². The lowest BCUT2D eigenvalue weighted by molar-refractivity contribution is 0.136. The highest BCUT2D eigenvalue weighted by Gasteiger charge is 2.32. The zero-order chi connectivity index (χ0) is 28.8. The fourth-order valence-electron chi connectivity index (χ4n) is 6.37. The second-order valence-electron chi connectivity index (χ2n) is 11.6. The van der Waals surface area contributed by atoms with Crippen LogP contribution in [0.1, 0.15) is 72.7 Å². The van der Waals surface area contributed by atoms with Crippen molar-refractivity contribution in [2.24, 2.45) is 5.92 Å². The van der Waals surface area contributed by atoms with Crippen LogP contribution < -0.4 is 10.0 Å². The summed E-state index contributed by atoms with van der Waals surface area (Å²) in [6.07, 6.45) is 6.09. The molecule has 0 aromatic heterocycles. The molecule has 0 heterocycles. The number of sulfonamides is 1. The number of aliphatic hydroxyl groups is 2. The van der Waals surface area contributed by atoms with Gasteiger partial charge in [0.15, 0.2) is 0 Å². The van der Waals surface area contributed by atoms with E-state index in [1.54, 1.807) is 12.1 Å². The minimum absolute atomic E-state index is 0.0971. The number of benzene rings is 3. The van der Waals surface area contributed by atoms with Gasteiger partial charge in [0.1, 0.15) is 0 Å². The van der Waals surface area contributed by atoms with Crippen LogP contribution in [0.2, 0.25) is 0 Å². The molecule has 1 saturated carbocycles.